The van der Waals surface area contributed by atoms with Gasteiger partial charge in [-0.25, -0.2) is 4.98 Å². The topological polar surface area (TPSA) is 42.4 Å². The zero-order valence-corrected chi connectivity index (χ0v) is 13.7. The number of carbonyl (C=O) groups is 1. The van der Waals surface area contributed by atoms with Crippen molar-refractivity contribution < 1.29 is 22.7 Å². The lowest BCUT2D eigenvalue weighted by Gasteiger charge is -2.20. The Morgan fingerprint density at radius 3 is 2.64 bits per heavy atom. The van der Waals surface area contributed by atoms with Crippen molar-refractivity contribution in [3.8, 4) is 5.88 Å². The summed E-state index contributed by atoms with van der Waals surface area (Å²) in [5.41, 5.74) is 0.314. The van der Waals surface area contributed by atoms with Gasteiger partial charge in [-0.3, -0.25) is 4.79 Å². The first-order valence-corrected chi connectivity index (χ1v) is 7.96. The highest BCUT2D eigenvalue weighted by Gasteiger charge is 2.31. The van der Waals surface area contributed by atoms with Crippen molar-refractivity contribution in [1.82, 2.24) is 4.98 Å². The van der Waals surface area contributed by atoms with E-state index in [1.54, 1.807) is 18.2 Å². The Balaban J connectivity index is 1.67. The molecule has 2 heterocycles. The summed E-state index contributed by atoms with van der Waals surface area (Å²) >= 11 is 5.61. The predicted octanol–water partition coefficient (Wildman–Crippen LogP) is 4.14. The van der Waals surface area contributed by atoms with Crippen LogP contribution in [0.2, 0.25) is 0 Å². The fraction of sp³-hybridized carbons (Fsp3) is 0.294. The highest BCUT2D eigenvalue weighted by Crippen LogP contribution is 2.30. The molecule has 0 bridgehead atoms. The first kappa shape index (κ1) is 17.5. The summed E-state index contributed by atoms with van der Waals surface area (Å²) in [6, 6.07) is 9.14. The Labute approximate surface area is 147 Å². The van der Waals surface area contributed by atoms with Gasteiger partial charge in [-0.15, -0.1) is 0 Å². The van der Waals surface area contributed by atoms with E-state index >= 15 is 0 Å². The van der Waals surface area contributed by atoms with Gasteiger partial charge in [0.25, 0.3) is 5.24 Å². The van der Waals surface area contributed by atoms with Crippen molar-refractivity contribution in [2.45, 2.75) is 18.7 Å². The smallest absolute Gasteiger partial charge is 0.417 e. The third-order valence-electron chi connectivity index (χ3n) is 3.95. The number of nitrogens with zero attached hydrogens (tertiary/aromatic N) is 2. The molecule has 3 rings (SSSR count). The molecule has 8 heteroatoms. The number of benzene rings is 1. The average Bonchev–Trinajstić information content (AvgIpc) is 3.03. The minimum atomic E-state index is -4.42. The zero-order valence-electron chi connectivity index (χ0n) is 13.0. The molecule has 1 aliphatic rings. The molecule has 0 spiro atoms. The number of rotatable bonds is 4. The number of alkyl halides is 3. The second kappa shape index (κ2) is 6.92. The Morgan fingerprint density at radius 2 is 2.00 bits per heavy atom. The minimum absolute atomic E-state index is 0.140. The number of pyridine rings is 1. The number of hydrogen-bond acceptors (Lipinski definition) is 4. The van der Waals surface area contributed by atoms with Gasteiger partial charge in [0.1, 0.15) is 6.10 Å². The van der Waals surface area contributed by atoms with E-state index in [1.807, 2.05) is 11.0 Å². The van der Waals surface area contributed by atoms with E-state index < -0.39 is 17.0 Å². The van der Waals surface area contributed by atoms with Crippen LogP contribution in [0.4, 0.5) is 18.9 Å². The molecular formula is C17H14ClF3N2O2. The van der Waals surface area contributed by atoms with Crippen LogP contribution in [0, 0.1) is 0 Å². The Morgan fingerprint density at radius 1 is 1.24 bits per heavy atom. The van der Waals surface area contributed by atoms with Gasteiger partial charge in [0.05, 0.1) is 17.7 Å². The van der Waals surface area contributed by atoms with E-state index in [0.29, 0.717) is 30.8 Å². The van der Waals surface area contributed by atoms with Crippen molar-refractivity contribution in [2.75, 3.05) is 18.0 Å². The monoisotopic (exact) mass is 370 g/mol. The predicted molar refractivity (Wildman–Crippen MR) is 87.1 cm³/mol. The van der Waals surface area contributed by atoms with Crippen LogP contribution in [0.15, 0.2) is 42.6 Å². The van der Waals surface area contributed by atoms with E-state index in [0.717, 1.165) is 12.3 Å². The number of halogens is 4. The second-order valence-corrected chi connectivity index (χ2v) is 5.99. The molecule has 1 saturated heterocycles. The molecule has 0 radical (unpaired) electrons. The standard InChI is InChI=1S/C17H14ClF3N2O2/c18-16(24)13-3-1-2-4-14(13)23-8-7-12(10-23)25-15-6-5-11(9-22-15)17(19,20)21/h1-6,9,12H,7-8,10H2. The first-order chi connectivity index (χ1) is 11.8. The van der Waals surface area contributed by atoms with Crippen LogP contribution in [0.1, 0.15) is 22.3 Å². The summed E-state index contributed by atoms with van der Waals surface area (Å²) in [7, 11) is 0. The fourth-order valence-corrected chi connectivity index (χ4v) is 2.91. The SMILES string of the molecule is O=C(Cl)c1ccccc1N1CCC(Oc2ccc(C(F)(F)F)cn2)C1. The summed E-state index contributed by atoms with van der Waals surface area (Å²) < 4.78 is 43.3. The van der Waals surface area contributed by atoms with Crippen molar-refractivity contribution in [1.29, 1.82) is 0 Å². The van der Waals surface area contributed by atoms with Crippen LogP contribution in [-0.2, 0) is 6.18 Å². The summed E-state index contributed by atoms with van der Waals surface area (Å²) in [6.07, 6.45) is -3.24. The van der Waals surface area contributed by atoms with E-state index in [1.165, 1.54) is 6.07 Å². The van der Waals surface area contributed by atoms with Crippen LogP contribution in [0.5, 0.6) is 5.88 Å². The summed E-state index contributed by atoms with van der Waals surface area (Å²) in [5.74, 6) is 0.140. The maximum Gasteiger partial charge on any atom is 0.417 e. The largest absolute Gasteiger partial charge is 0.472 e. The van der Waals surface area contributed by atoms with E-state index in [-0.39, 0.29) is 12.0 Å². The first-order valence-electron chi connectivity index (χ1n) is 7.58. The third-order valence-corrected chi connectivity index (χ3v) is 4.16. The molecule has 1 unspecified atom stereocenters. The molecule has 1 aliphatic heterocycles. The van der Waals surface area contributed by atoms with Crippen molar-refractivity contribution in [3.63, 3.8) is 0 Å². The quantitative estimate of drug-likeness (QED) is 0.759. The van der Waals surface area contributed by atoms with Crippen LogP contribution in [0.25, 0.3) is 0 Å². The molecule has 1 aromatic heterocycles. The van der Waals surface area contributed by atoms with Crippen molar-refractivity contribution >= 4 is 22.5 Å². The van der Waals surface area contributed by atoms with Gasteiger partial charge in [-0.1, -0.05) is 12.1 Å². The molecule has 0 aliphatic carbocycles. The van der Waals surface area contributed by atoms with E-state index in [2.05, 4.69) is 4.98 Å². The van der Waals surface area contributed by atoms with Crippen LogP contribution < -0.4 is 9.64 Å². The minimum Gasteiger partial charge on any atom is -0.472 e. The number of para-hydroxylation sites is 1. The summed E-state index contributed by atoms with van der Waals surface area (Å²) in [6.45, 7) is 1.14. The lowest BCUT2D eigenvalue weighted by Crippen LogP contribution is -2.25. The molecule has 4 nitrogen and oxygen atoms in total. The fourth-order valence-electron chi connectivity index (χ4n) is 2.75. The number of ether oxygens (including phenoxy) is 1. The van der Waals surface area contributed by atoms with Crippen molar-refractivity contribution in [3.05, 3.63) is 53.7 Å². The van der Waals surface area contributed by atoms with Gasteiger partial charge in [-0.05, 0) is 29.8 Å². The van der Waals surface area contributed by atoms with Crippen LogP contribution in [-0.4, -0.2) is 29.4 Å². The maximum absolute atomic E-state index is 12.5. The Hall–Kier alpha value is -2.28. The van der Waals surface area contributed by atoms with Gasteiger partial charge >= 0.3 is 6.18 Å². The van der Waals surface area contributed by atoms with Crippen LogP contribution in [0.3, 0.4) is 0 Å². The molecule has 25 heavy (non-hydrogen) atoms. The molecule has 1 atom stereocenters. The summed E-state index contributed by atoms with van der Waals surface area (Å²) in [5, 5.41) is -0.538. The number of carbonyl (C=O) groups excluding carboxylic acids is 1. The number of hydrogen-bond donors (Lipinski definition) is 0. The second-order valence-electron chi connectivity index (χ2n) is 5.65. The number of anilines is 1. The molecular weight excluding hydrogens is 357 g/mol. The van der Waals surface area contributed by atoms with Gasteiger partial charge in [0.2, 0.25) is 5.88 Å². The zero-order chi connectivity index (χ0) is 18.0. The van der Waals surface area contributed by atoms with Gasteiger partial charge < -0.3 is 9.64 Å². The van der Waals surface area contributed by atoms with Crippen molar-refractivity contribution in [2.24, 2.45) is 0 Å². The molecule has 0 saturated carbocycles. The Kier molecular flexibility index (Phi) is 4.85. The van der Waals surface area contributed by atoms with Crippen LogP contribution >= 0.6 is 11.6 Å². The molecule has 1 aromatic carbocycles. The molecule has 0 amide bonds. The van der Waals surface area contributed by atoms with Gasteiger partial charge in [0.15, 0.2) is 0 Å². The molecule has 2 aromatic rings. The lowest BCUT2D eigenvalue weighted by molar-refractivity contribution is -0.137. The highest BCUT2D eigenvalue weighted by atomic mass is 35.5. The molecule has 1 fully saturated rings. The maximum atomic E-state index is 12.5. The van der Waals surface area contributed by atoms with E-state index in [9.17, 15) is 18.0 Å². The average molecular weight is 371 g/mol. The highest BCUT2D eigenvalue weighted by molar-refractivity contribution is 6.68. The summed E-state index contributed by atoms with van der Waals surface area (Å²) in [4.78, 5) is 17.2. The lowest BCUT2D eigenvalue weighted by atomic mass is 10.2. The molecule has 132 valence electrons. The molecule has 0 N–H and O–H groups in total. The Bertz CT molecular complexity index is 765. The van der Waals surface area contributed by atoms with Gasteiger partial charge in [-0.2, -0.15) is 13.2 Å². The number of aromatic nitrogens is 1. The van der Waals surface area contributed by atoms with E-state index in [4.69, 9.17) is 16.3 Å². The third kappa shape index (κ3) is 4.04. The normalized spacial score (nSPS) is 17.6. The van der Waals surface area contributed by atoms with Gasteiger partial charge in [0, 0.05) is 30.9 Å².